The zero-order valence-electron chi connectivity index (χ0n) is 14.4. The second-order valence-corrected chi connectivity index (χ2v) is 8.64. The zero-order chi connectivity index (χ0) is 17.0. The topological polar surface area (TPSA) is 9.23 Å². The van der Waals surface area contributed by atoms with E-state index in [0.29, 0.717) is 0 Å². The number of hydrogen-bond acceptors (Lipinski definition) is 1. The molecule has 0 saturated carbocycles. The van der Waals surface area contributed by atoms with Gasteiger partial charge in [-0.25, -0.2) is 0 Å². The molecule has 2 heteroatoms. The van der Waals surface area contributed by atoms with Crippen LogP contribution in [0.5, 0.6) is 5.75 Å². The van der Waals surface area contributed by atoms with E-state index in [1.54, 1.807) is 0 Å². The summed E-state index contributed by atoms with van der Waals surface area (Å²) in [6.07, 6.45) is 0. The summed E-state index contributed by atoms with van der Waals surface area (Å²) >= 11 is 0. The van der Waals surface area contributed by atoms with E-state index in [-0.39, 0.29) is 5.41 Å². The van der Waals surface area contributed by atoms with E-state index < -0.39 is 8.15 Å². The quantitative estimate of drug-likeness (QED) is 0.580. The summed E-state index contributed by atoms with van der Waals surface area (Å²) in [6.45, 7) is 6.68. The summed E-state index contributed by atoms with van der Waals surface area (Å²) < 4.78 is 6.42. The molecular formula is C22H23OP. The fraction of sp³-hybridized carbons (Fsp3) is 0.182. The van der Waals surface area contributed by atoms with E-state index in [1.165, 1.54) is 16.2 Å². The highest BCUT2D eigenvalue weighted by molar-refractivity contribution is 7.68. The molecule has 0 aliphatic rings. The lowest BCUT2D eigenvalue weighted by Gasteiger charge is -2.22. The summed E-state index contributed by atoms with van der Waals surface area (Å²) in [5.41, 5.74) is 1.47. The normalized spacial score (nSPS) is 11.5. The van der Waals surface area contributed by atoms with Gasteiger partial charge in [-0.1, -0.05) is 93.6 Å². The lowest BCUT2D eigenvalue weighted by atomic mass is 9.87. The van der Waals surface area contributed by atoms with E-state index >= 15 is 0 Å². The van der Waals surface area contributed by atoms with Gasteiger partial charge >= 0.3 is 0 Å². The van der Waals surface area contributed by atoms with E-state index in [0.717, 1.165) is 5.75 Å². The fourth-order valence-electron chi connectivity index (χ4n) is 2.50. The smallest absolute Gasteiger partial charge is 0.150 e. The van der Waals surface area contributed by atoms with Crippen LogP contribution in [-0.2, 0) is 5.41 Å². The Labute approximate surface area is 146 Å². The van der Waals surface area contributed by atoms with Crippen LogP contribution in [0.1, 0.15) is 26.3 Å². The summed E-state index contributed by atoms with van der Waals surface area (Å²) in [4.78, 5) is 0. The molecule has 0 bridgehead atoms. The third-order valence-corrected chi connectivity index (χ3v) is 5.83. The first-order valence-corrected chi connectivity index (χ1v) is 9.49. The standard InChI is InChI=1S/C22H23OP/c1-22(2,3)18-14-16-19(17-15-18)23-24(20-10-6-4-7-11-20)21-12-8-5-9-13-21/h4-17H,1-3H3. The van der Waals surface area contributed by atoms with Crippen molar-refractivity contribution >= 4 is 18.8 Å². The van der Waals surface area contributed by atoms with Crippen LogP contribution in [0, 0.1) is 0 Å². The van der Waals surface area contributed by atoms with E-state index in [9.17, 15) is 0 Å². The molecule has 0 N–H and O–H groups in total. The minimum absolute atomic E-state index is 0.155. The van der Waals surface area contributed by atoms with Gasteiger partial charge in [0.25, 0.3) is 0 Å². The number of benzene rings is 3. The Morgan fingerprint density at radius 2 is 1.08 bits per heavy atom. The highest BCUT2D eigenvalue weighted by Gasteiger charge is 2.18. The summed E-state index contributed by atoms with van der Waals surface area (Å²) in [5.74, 6) is 0.918. The van der Waals surface area contributed by atoms with Crippen molar-refractivity contribution in [3.8, 4) is 5.75 Å². The van der Waals surface area contributed by atoms with Gasteiger partial charge in [0, 0.05) is 10.6 Å². The molecule has 0 heterocycles. The van der Waals surface area contributed by atoms with Gasteiger partial charge in [0.15, 0.2) is 8.15 Å². The van der Waals surface area contributed by atoms with Crippen molar-refractivity contribution in [1.29, 1.82) is 0 Å². The van der Waals surface area contributed by atoms with Gasteiger partial charge in [0.2, 0.25) is 0 Å². The van der Waals surface area contributed by atoms with Crippen LogP contribution in [0.25, 0.3) is 0 Å². The minimum Gasteiger partial charge on any atom is -0.464 e. The van der Waals surface area contributed by atoms with Gasteiger partial charge in [-0.05, 0) is 23.1 Å². The summed E-state index contributed by atoms with van der Waals surface area (Å²) in [6, 6.07) is 29.4. The molecule has 0 fully saturated rings. The molecule has 0 spiro atoms. The van der Waals surface area contributed by atoms with Crippen molar-refractivity contribution in [3.05, 3.63) is 90.5 Å². The number of hydrogen-bond donors (Lipinski definition) is 0. The Morgan fingerprint density at radius 3 is 1.50 bits per heavy atom. The molecule has 3 aromatic rings. The molecule has 0 radical (unpaired) electrons. The van der Waals surface area contributed by atoms with E-state index in [1.807, 2.05) is 12.1 Å². The highest BCUT2D eigenvalue weighted by Crippen LogP contribution is 2.37. The molecule has 3 rings (SSSR count). The maximum absolute atomic E-state index is 6.42. The predicted octanol–water partition coefficient (Wildman–Crippen LogP) is 5.41. The lowest BCUT2D eigenvalue weighted by Crippen LogP contribution is -2.15. The second-order valence-electron chi connectivity index (χ2n) is 6.83. The molecule has 0 aromatic heterocycles. The van der Waals surface area contributed by atoms with Crippen LogP contribution in [0.15, 0.2) is 84.9 Å². The van der Waals surface area contributed by atoms with Crippen molar-refractivity contribution < 1.29 is 4.52 Å². The third-order valence-electron chi connectivity index (χ3n) is 3.90. The van der Waals surface area contributed by atoms with Crippen LogP contribution in [0.4, 0.5) is 0 Å². The Balaban J connectivity index is 1.90. The minimum atomic E-state index is -0.865. The Hall–Kier alpha value is -2.11. The first-order valence-electron chi connectivity index (χ1n) is 8.23. The van der Waals surface area contributed by atoms with E-state index in [2.05, 4.69) is 93.6 Å². The largest absolute Gasteiger partial charge is 0.464 e. The van der Waals surface area contributed by atoms with Crippen LogP contribution in [0.2, 0.25) is 0 Å². The monoisotopic (exact) mass is 334 g/mol. The summed E-state index contributed by atoms with van der Waals surface area (Å²) in [7, 11) is -0.865. The Kier molecular flexibility index (Phi) is 5.02. The van der Waals surface area contributed by atoms with Gasteiger partial charge in [0.1, 0.15) is 5.75 Å². The van der Waals surface area contributed by atoms with Crippen molar-refractivity contribution in [2.45, 2.75) is 26.2 Å². The van der Waals surface area contributed by atoms with Gasteiger partial charge in [-0.3, -0.25) is 0 Å². The first kappa shape index (κ1) is 16.7. The maximum Gasteiger partial charge on any atom is 0.150 e. The summed E-state index contributed by atoms with van der Waals surface area (Å²) in [5, 5.41) is 2.44. The van der Waals surface area contributed by atoms with Crippen molar-refractivity contribution in [1.82, 2.24) is 0 Å². The van der Waals surface area contributed by atoms with Crippen LogP contribution in [-0.4, -0.2) is 0 Å². The molecule has 24 heavy (non-hydrogen) atoms. The average Bonchev–Trinajstić information content (AvgIpc) is 2.61. The molecule has 0 saturated heterocycles. The predicted molar refractivity (Wildman–Crippen MR) is 105 cm³/mol. The maximum atomic E-state index is 6.42. The van der Waals surface area contributed by atoms with Gasteiger partial charge in [0.05, 0.1) is 0 Å². The molecule has 0 aliphatic heterocycles. The third kappa shape index (κ3) is 4.04. The SMILES string of the molecule is CC(C)(C)c1ccc(OP(c2ccccc2)c2ccccc2)cc1. The van der Waals surface area contributed by atoms with E-state index in [4.69, 9.17) is 4.52 Å². The molecule has 122 valence electrons. The average molecular weight is 334 g/mol. The molecule has 0 unspecified atom stereocenters. The first-order chi connectivity index (χ1) is 11.5. The fourth-order valence-corrected chi connectivity index (χ4v) is 4.23. The molecule has 0 amide bonds. The molecule has 0 atom stereocenters. The van der Waals surface area contributed by atoms with Crippen LogP contribution >= 0.6 is 8.15 Å². The second kappa shape index (κ2) is 7.20. The number of rotatable bonds is 4. The zero-order valence-corrected chi connectivity index (χ0v) is 15.3. The van der Waals surface area contributed by atoms with Gasteiger partial charge in [-0.2, -0.15) is 0 Å². The van der Waals surface area contributed by atoms with Gasteiger partial charge in [-0.15, -0.1) is 0 Å². The Bertz CT molecular complexity index is 719. The molecule has 1 nitrogen and oxygen atoms in total. The van der Waals surface area contributed by atoms with Crippen LogP contribution in [0.3, 0.4) is 0 Å². The van der Waals surface area contributed by atoms with Gasteiger partial charge < -0.3 is 4.52 Å². The molecule has 3 aromatic carbocycles. The lowest BCUT2D eigenvalue weighted by molar-refractivity contribution is 0.585. The molecular weight excluding hydrogens is 311 g/mol. The van der Waals surface area contributed by atoms with Crippen molar-refractivity contribution in [2.75, 3.05) is 0 Å². The molecule has 0 aliphatic carbocycles. The van der Waals surface area contributed by atoms with Crippen molar-refractivity contribution in [2.24, 2.45) is 0 Å². The highest BCUT2D eigenvalue weighted by atomic mass is 31.1. The van der Waals surface area contributed by atoms with Crippen molar-refractivity contribution in [3.63, 3.8) is 0 Å². The van der Waals surface area contributed by atoms with Crippen LogP contribution < -0.4 is 15.1 Å². The Morgan fingerprint density at radius 1 is 0.625 bits per heavy atom.